The number of thiocarbonyl (C=S) groups is 1. The maximum atomic E-state index is 12.4. The molecule has 2 aromatic carbocycles. The van der Waals surface area contributed by atoms with Crippen molar-refractivity contribution >= 4 is 69.7 Å². The smallest absolute Gasteiger partial charge is 0.337 e. The van der Waals surface area contributed by atoms with Gasteiger partial charge in [-0.1, -0.05) is 34.8 Å². The standard InChI is InChI=1S/C19H11Cl3N2O4S/c20-9-1-3-13(21)11(7-9)15-5-6-16(28-15)17(25)24-19(29)23-10-2-4-14(22)12(8-10)18(26)27/h1-8H,(H,26,27)(H2,23,24,25,29). The van der Waals surface area contributed by atoms with Crippen LogP contribution >= 0.6 is 47.0 Å². The molecule has 10 heteroatoms. The van der Waals surface area contributed by atoms with Crippen molar-refractivity contribution in [1.29, 1.82) is 0 Å². The summed E-state index contributed by atoms with van der Waals surface area (Å²) in [6.45, 7) is 0. The Bertz CT molecular complexity index is 1130. The number of furan rings is 1. The van der Waals surface area contributed by atoms with Crippen molar-refractivity contribution < 1.29 is 19.1 Å². The minimum absolute atomic E-state index is 0.00234. The Hall–Kier alpha value is -2.58. The quantitative estimate of drug-likeness (QED) is 0.423. The summed E-state index contributed by atoms with van der Waals surface area (Å²) in [5.41, 5.74) is 0.795. The maximum absolute atomic E-state index is 12.4. The van der Waals surface area contributed by atoms with Gasteiger partial charge in [0.1, 0.15) is 5.76 Å². The second-order valence-electron chi connectivity index (χ2n) is 5.70. The van der Waals surface area contributed by atoms with Crippen LogP contribution in [0.5, 0.6) is 0 Å². The molecule has 0 atom stereocenters. The lowest BCUT2D eigenvalue weighted by Gasteiger charge is -2.10. The zero-order valence-electron chi connectivity index (χ0n) is 14.3. The van der Waals surface area contributed by atoms with E-state index in [1.54, 1.807) is 24.3 Å². The van der Waals surface area contributed by atoms with Gasteiger partial charge in [0.25, 0.3) is 5.91 Å². The lowest BCUT2D eigenvalue weighted by Crippen LogP contribution is -2.33. The second kappa shape index (κ2) is 8.84. The molecule has 0 radical (unpaired) electrons. The largest absolute Gasteiger partial charge is 0.478 e. The number of amides is 1. The summed E-state index contributed by atoms with van der Waals surface area (Å²) in [7, 11) is 0. The van der Waals surface area contributed by atoms with Gasteiger partial charge in [0, 0.05) is 16.3 Å². The predicted octanol–water partition coefficient (Wildman–Crippen LogP) is 5.73. The van der Waals surface area contributed by atoms with Crippen LogP contribution < -0.4 is 10.6 Å². The molecule has 0 aliphatic carbocycles. The van der Waals surface area contributed by atoms with E-state index in [4.69, 9.17) is 56.5 Å². The van der Waals surface area contributed by atoms with Crippen molar-refractivity contribution in [2.24, 2.45) is 0 Å². The number of carboxylic acids is 1. The lowest BCUT2D eigenvalue weighted by molar-refractivity contribution is 0.0697. The summed E-state index contributed by atoms with van der Waals surface area (Å²) in [6, 6.07) is 12.2. The van der Waals surface area contributed by atoms with Crippen LogP contribution in [0.1, 0.15) is 20.9 Å². The van der Waals surface area contributed by atoms with Gasteiger partial charge in [-0.15, -0.1) is 0 Å². The highest BCUT2D eigenvalue weighted by atomic mass is 35.5. The van der Waals surface area contributed by atoms with Crippen molar-refractivity contribution in [2.45, 2.75) is 0 Å². The van der Waals surface area contributed by atoms with Gasteiger partial charge in [0.05, 0.1) is 15.6 Å². The normalized spacial score (nSPS) is 10.4. The molecule has 0 aliphatic rings. The summed E-state index contributed by atoms with van der Waals surface area (Å²) < 4.78 is 5.55. The Kier molecular flexibility index (Phi) is 6.44. The number of anilines is 1. The van der Waals surface area contributed by atoms with Crippen molar-refractivity contribution in [3.63, 3.8) is 0 Å². The molecule has 1 amide bonds. The topological polar surface area (TPSA) is 91.6 Å². The van der Waals surface area contributed by atoms with Crippen LogP contribution in [0, 0.1) is 0 Å². The van der Waals surface area contributed by atoms with Gasteiger partial charge in [-0.3, -0.25) is 10.1 Å². The molecule has 1 heterocycles. The third kappa shape index (κ3) is 5.07. The van der Waals surface area contributed by atoms with Gasteiger partial charge >= 0.3 is 5.97 Å². The first-order chi connectivity index (χ1) is 13.7. The average Bonchev–Trinajstić information content (AvgIpc) is 3.15. The van der Waals surface area contributed by atoms with Crippen LogP contribution in [0.3, 0.4) is 0 Å². The third-order valence-electron chi connectivity index (χ3n) is 3.71. The fourth-order valence-corrected chi connectivity index (χ4v) is 3.18. The summed E-state index contributed by atoms with van der Waals surface area (Å²) in [5.74, 6) is -1.41. The number of benzene rings is 2. The Balaban J connectivity index is 1.70. The SMILES string of the molecule is O=C(NC(=S)Nc1ccc(Cl)c(C(=O)O)c1)c1ccc(-c2cc(Cl)ccc2Cl)o1. The van der Waals surface area contributed by atoms with Gasteiger partial charge < -0.3 is 14.8 Å². The Morgan fingerprint density at radius 1 is 0.966 bits per heavy atom. The number of halogens is 3. The first-order valence-corrected chi connectivity index (χ1v) is 9.49. The molecule has 0 fully saturated rings. The summed E-state index contributed by atoms with van der Waals surface area (Å²) in [4.78, 5) is 23.5. The van der Waals surface area contributed by atoms with E-state index in [-0.39, 0.29) is 21.5 Å². The van der Waals surface area contributed by atoms with Gasteiger partial charge in [-0.25, -0.2) is 4.79 Å². The van der Waals surface area contributed by atoms with Crippen LogP contribution in [0.25, 0.3) is 11.3 Å². The zero-order chi connectivity index (χ0) is 21.1. The number of nitrogens with one attached hydrogen (secondary N) is 2. The first-order valence-electron chi connectivity index (χ1n) is 7.95. The number of carboxylic acid groups (broad SMARTS) is 1. The van der Waals surface area contributed by atoms with Gasteiger partial charge in [-0.05, 0) is 60.7 Å². The maximum Gasteiger partial charge on any atom is 0.337 e. The van der Waals surface area contributed by atoms with Gasteiger partial charge in [0.2, 0.25) is 0 Å². The molecule has 3 N–H and O–H groups in total. The molecule has 3 rings (SSSR count). The second-order valence-corrected chi connectivity index (χ2v) is 7.36. The monoisotopic (exact) mass is 468 g/mol. The number of rotatable bonds is 4. The highest BCUT2D eigenvalue weighted by Crippen LogP contribution is 2.31. The summed E-state index contributed by atoms with van der Waals surface area (Å²) in [6.07, 6.45) is 0. The van der Waals surface area contributed by atoms with E-state index in [9.17, 15) is 9.59 Å². The van der Waals surface area contributed by atoms with Crippen LogP contribution in [0.4, 0.5) is 5.69 Å². The highest BCUT2D eigenvalue weighted by molar-refractivity contribution is 7.80. The van der Waals surface area contributed by atoms with Gasteiger partial charge in [0.15, 0.2) is 10.9 Å². The first kappa shape index (κ1) is 21.1. The summed E-state index contributed by atoms with van der Waals surface area (Å²) in [5, 5.41) is 15.2. The third-order valence-corrected chi connectivity index (χ3v) is 4.80. The molecule has 0 aliphatic heterocycles. The number of hydrogen-bond acceptors (Lipinski definition) is 4. The van der Waals surface area contributed by atoms with Crippen molar-refractivity contribution in [1.82, 2.24) is 5.32 Å². The molecule has 1 aromatic heterocycles. The number of aromatic carboxylic acids is 1. The zero-order valence-corrected chi connectivity index (χ0v) is 17.4. The van der Waals surface area contributed by atoms with E-state index in [1.165, 1.54) is 24.3 Å². The molecule has 0 saturated heterocycles. The average molecular weight is 470 g/mol. The molecule has 29 heavy (non-hydrogen) atoms. The minimum Gasteiger partial charge on any atom is -0.478 e. The summed E-state index contributed by atoms with van der Waals surface area (Å²) >= 11 is 23.0. The van der Waals surface area contributed by atoms with E-state index < -0.39 is 11.9 Å². The van der Waals surface area contributed by atoms with E-state index in [1.807, 2.05) is 0 Å². The van der Waals surface area contributed by atoms with E-state index in [0.717, 1.165) is 0 Å². The molecule has 3 aromatic rings. The van der Waals surface area contributed by atoms with E-state index >= 15 is 0 Å². The van der Waals surface area contributed by atoms with Gasteiger partial charge in [-0.2, -0.15) is 0 Å². The Morgan fingerprint density at radius 2 is 1.69 bits per heavy atom. The van der Waals surface area contributed by atoms with Crippen molar-refractivity contribution in [3.8, 4) is 11.3 Å². The Morgan fingerprint density at radius 3 is 2.41 bits per heavy atom. The fourth-order valence-electron chi connectivity index (χ4n) is 2.38. The van der Waals surface area contributed by atoms with Crippen LogP contribution in [0.15, 0.2) is 52.9 Å². The van der Waals surface area contributed by atoms with Crippen LogP contribution in [-0.2, 0) is 0 Å². The van der Waals surface area contributed by atoms with Crippen LogP contribution in [-0.4, -0.2) is 22.1 Å². The minimum atomic E-state index is -1.18. The van der Waals surface area contributed by atoms with Crippen LogP contribution in [0.2, 0.25) is 15.1 Å². The molecular formula is C19H11Cl3N2O4S. The molecular weight excluding hydrogens is 459 g/mol. The van der Waals surface area contributed by atoms with E-state index in [0.29, 0.717) is 27.1 Å². The molecule has 0 bridgehead atoms. The lowest BCUT2D eigenvalue weighted by atomic mass is 10.2. The molecule has 0 spiro atoms. The highest BCUT2D eigenvalue weighted by Gasteiger charge is 2.16. The molecule has 0 unspecified atom stereocenters. The predicted molar refractivity (Wildman–Crippen MR) is 116 cm³/mol. The molecule has 148 valence electrons. The fraction of sp³-hybridized carbons (Fsp3) is 0. The molecule has 6 nitrogen and oxygen atoms in total. The van der Waals surface area contributed by atoms with E-state index in [2.05, 4.69) is 10.6 Å². The molecule has 0 saturated carbocycles. The van der Waals surface area contributed by atoms with Crippen molar-refractivity contribution in [3.05, 3.63) is 74.9 Å². The number of carbonyl (C=O) groups is 2. The number of hydrogen-bond donors (Lipinski definition) is 3. The Labute approximate surface area is 185 Å². The van der Waals surface area contributed by atoms with Crippen molar-refractivity contribution in [2.75, 3.05) is 5.32 Å². The number of carbonyl (C=O) groups excluding carboxylic acids is 1.